The van der Waals surface area contributed by atoms with Crippen molar-refractivity contribution in [1.82, 2.24) is 4.90 Å². The summed E-state index contributed by atoms with van der Waals surface area (Å²) >= 11 is 3.12. The van der Waals surface area contributed by atoms with Crippen molar-refractivity contribution >= 4 is 54.5 Å². The molecule has 5 atom stereocenters. The zero-order valence-electron chi connectivity index (χ0n) is 19.1. The summed E-state index contributed by atoms with van der Waals surface area (Å²) in [5.41, 5.74) is 0.334. The number of hydrogen-bond acceptors (Lipinski definition) is 7. The van der Waals surface area contributed by atoms with Crippen molar-refractivity contribution < 1.29 is 23.0 Å². The van der Waals surface area contributed by atoms with Gasteiger partial charge in [-0.05, 0) is 31.5 Å². The van der Waals surface area contributed by atoms with Crippen LogP contribution in [0.25, 0.3) is 0 Å². The Labute approximate surface area is 197 Å². The topological polar surface area (TPSA) is 72.9 Å². The normalized spacial score (nSPS) is 29.6. The van der Waals surface area contributed by atoms with Crippen LogP contribution in [-0.2, 0) is 29.6 Å². The molecule has 3 aliphatic rings. The van der Waals surface area contributed by atoms with Crippen LogP contribution in [0.2, 0.25) is 18.1 Å². The first kappa shape index (κ1) is 25.1. The molecule has 3 aliphatic heterocycles. The van der Waals surface area contributed by atoms with Crippen LogP contribution >= 0.6 is 23.5 Å². The lowest BCUT2D eigenvalue weighted by Crippen LogP contribution is -2.62. The van der Waals surface area contributed by atoms with Crippen molar-refractivity contribution in [2.24, 2.45) is 5.92 Å². The van der Waals surface area contributed by atoms with Crippen LogP contribution in [0.5, 0.6) is 0 Å². The van der Waals surface area contributed by atoms with E-state index in [9.17, 15) is 13.8 Å². The third-order valence-electron chi connectivity index (χ3n) is 6.38. The number of thioether (sulfide) groups is 2. The van der Waals surface area contributed by atoms with Crippen molar-refractivity contribution in [3.63, 3.8) is 0 Å². The predicted molar refractivity (Wildman–Crippen MR) is 132 cm³/mol. The molecular formula is C21H33NO5S3Si. The molecule has 174 valence electrons. The molecule has 0 radical (unpaired) electrons. The molecule has 0 aromatic carbocycles. The van der Waals surface area contributed by atoms with Crippen LogP contribution in [0.4, 0.5) is 0 Å². The van der Waals surface area contributed by atoms with Gasteiger partial charge in [0.1, 0.15) is 12.0 Å². The lowest BCUT2D eigenvalue weighted by molar-refractivity contribution is -0.157. The first-order valence-electron chi connectivity index (χ1n) is 10.6. The van der Waals surface area contributed by atoms with Gasteiger partial charge < -0.3 is 9.16 Å². The van der Waals surface area contributed by atoms with Gasteiger partial charge in [-0.2, -0.15) is 0 Å². The van der Waals surface area contributed by atoms with Crippen molar-refractivity contribution in [3.8, 4) is 0 Å². The molecule has 0 spiro atoms. The second-order valence-electron chi connectivity index (χ2n) is 9.69. The van der Waals surface area contributed by atoms with Crippen LogP contribution in [0, 0.1) is 5.92 Å². The van der Waals surface area contributed by atoms with E-state index in [2.05, 4.69) is 40.4 Å². The van der Waals surface area contributed by atoms with E-state index < -0.39 is 25.1 Å². The number of fused-ring (bicyclic) bond motifs is 1. The maximum Gasteiger partial charge on any atom is 0.357 e. The van der Waals surface area contributed by atoms with Gasteiger partial charge in [-0.3, -0.25) is 13.9 Å². The van der Waals surface area contributed by atoms with Crippen molar-refractivity contribution in [2.75, 3.05) is 18.1 Å². The number of ether oxygens (including phenoxy) is 1. The number of rotatable bonds is 8. The maximum atomic E-state index is 13.2. The van der Waals surface area contributed by atoms with Crippen LogP contribution in [0.3, 0.4) is 0 Å². The highest BCUT2D eigenvalue weighted by atomic mass is 32.2. The summed E-state index contributed by atoms with van der Waals surface area (Å²) < 4.78 is 24.4. The highest BCUT2D eigenvalue weighted by molar-refractivity contribution is 8.23. The standard InChI is InChI=1S/C21H33NO5S3Si/c1-8-10-26-19(24)16-20(28-14-9-11-30(25)12-14)29-18-15(17(23)22(16)18)13(2)27-31(6,7)21(3,4)5/h8,13-15,18H,1,9-12H2,2-7H3/t13-,14+,15+,18-,30-/m1/s1. The summed E-state index contributed by atoms with van der Waals surface area (Å²) in [7, 11) is -2.83. The summed E-state index contributed by atoms with van der Waals surface area (Å²) in [5, 5.41) is 0.0831. The Morgan fingerprint density at radius 2 is 2.13 bits per heavy atom. The Hall–Kier alpha value is -0.553. The van der Waals surface area contributed by atoms with Crippen molar-refractivity contribution in [2.45, 2.75) is 69.0 Å². The number of carbonyl (C=O) groups is 2. The van der Waals surface area contributed by atoms with E-state index in [1.165, 1.54) is 6.08 Å². The zero-order chi connectivity index (χ0) is 23.1. The molecule has 0 unspecified atom stereocenters. The van der Waals surface area contributed by atoms with Gasteiger partial charge >= 0.3 is 5.97 Å². The molecule has 6 nitrogen and oxygen atoms in total. The minimum atomic E-state index is -2.03. The van der Waals surface area contributed by atoms with Gasteiger partial charge in [0, 0.05) is 27.6 Å². The quantitative estimate of drug-likeness (QED) is 0.214. The Kier molecular flexibility index (Phi) is 7.57. The molecule has 0 aromatic heterocycles. The molecule has 2 fully saturated rings. The van der Waals surface area contributed by atoms with Gasteiger partial charge in [-0.15, -0.1) is 11.8 Å². The molecule has 0 N–H and O–H groups in total. The Morgan fingerprint density at radius 3 is 2.68 bits per heavy atom. The zero-order valence-corrected chi connectivity index (χ0v) is 22.6. The fraction of sp³-hybridized carbons (Fsp3) is 0.714. The summed E-state index contributed by atoms with van der Waals surface area (Å²) in [6.45, 7) is 16.6. The van der Waals surface area contributed by atoms with Gasteiger partial charge in [0.25, 0.3) is 0 Å². The van der Waals surface area contributed by atoms with Crippen LogP contribution in [0.1, 0.15) is 34.1 Å². The molecule has 0 bridgehead atoms. The molecule has 0 saturated carbocycles. The average molecular weight is 504 g/mol. The lowest BCUT2D eigenvalue weighted by Gasteiger charge is -2.48. The number of amides is 1. The predicted octanol–water partition coefficient (Wildman–Crippen LogP) is 4.08. The number of β-lactam (4-membered cyclic amide) rings is 1. The molecule has 10 heteroatoms. The molecule has 2 saturated heterocycles. The van der Waals surface area contributed by atoms with Crippen molar-refractivity contribution in [1.29, 1.82) is 0 Å². The van der Waals surface area contributed by atoms with Crippen LogP contribution < -0.4 is 0 Å². The second kappa shape index (κ2) is 9.36. The molecule has 3 heterocycles. The van der Waals surface area contributed by atoms with Crippen molar-refractivity contribution in [3.05, 3.63) is 22.6 Å². The monoisotopic (exact) mass is 503 g/mol. The fourth-order valence-corrected chi connectivity index (χ4v) is 10.3. The van der Waals surface area contributed by atoms with Gasteiger partial charge in [-0.25, -0.2) is 4.79 Å². The third-order valence-corrected chi connectivity index (χ3v) is 15.5. The average Bonchev–Trinajstić information content (AvgIpc) is 3.19. The second-order valence-corrected chi connectivity index (χ2v) is 18.8. The smallest absolute Gasteiger partial charge is 0.357 e. The highest BCUT2D eigenvalue weighted by Gasteiger charge is 2.59. The Balaban J connectivity index is 1.78. The largest absolute Gasteiger partial charge is 0.457 e. The SMILES string of the molecule is C=CCOC(=O)C1=C(S[C@H]2CC[S@@](=O)C2)S[C@@H]2[C@@H]([C@@H](C)O[Si](C)(C)C(C)(C)C)C(=O)N12. The molecule has 31 heavy (non-hydrogen) atoms. The van der Waals surface area contributed by atoms with E-state index in [0.29, 0.717) is 17.2 Å². The molecule has 3 rings (SSSR count). The van der Waals surface area contributed by atoms with Crippen LogP contribution in [-0.4, -0.2) is 64.1 Å². The number of carbonyl (C=O) groups excluding carboxylic acids is 2. The van der Waals surface area contributed by atoms with E-state index in [-0.39, 0.29) is 40.2 Å². The van der Waals surface area contributed by atoms with Gasteiger partial charge in [-0.1, -0.05) is 45.2 Å². The lowest BCUT2D eigenvalue weighted by atomic mass is 9.92. The molecule has 0 aromatic rings. The summed E-state index contributed by atoms with van der Waals surface area (Å²) in [6.07, 6.45) is 2.14. The van der Waals surface area contributed by atoms with E-state index in [0.717, 1.165) is 10.7 Å². The summed E-state index contributed by atoms with van der Waals surface area (Å²) in [4.78, 5) is 27.5. The molecular weight excluding hydrogens is 471 g/mol. The van der Waals surface area contributed by atoms with E-state index in [4.69, 9.17) is 9.16 Å². The van der Waals surface area contributed by atoms with E-state index in [1.807, 2.05) is 6.92 Å². The minimum Gasteiger partial charge on any atom is -0.457 e. The van der Waals surface area contributed by atoms with Gasteiger partial charge in [0.05, 0.1) is 16.3 Å². The molecule has 0 aliphatic carbocycles. The third kappa shape index (κ3) is 5.02. The van der Waals surface area contributed by atoms with Gasteiger partial charge in [0.2, 0.25) is 5.91 Å². The van der Waals surface area contributed by atoms with Gasteiger partial charge in [0.15, 0.2) is 14.0 Å². The summed E-state index contributed by atoms with van der Waals surface area (Å²) in [5.74, 6) is 0.437. The number of hydrogen-bond donors (Lipinski definition) is 0. The Bertz CT molecular complexity index is 822. The number of esters is 1. The first-order valence-corrected chi connectivity index (χ1v) is 16.7. The minimum absolute atomic E-state index is 0.0492. The fourth-order valence-electron chi connectivity index (χ4n) is 3.61. The Morgan fingerprint density at radius 1 is 1.45 bits per heavy atom. The van der Waals surface area contributed by atoms with E-state index in [1.54, 1.807) is 28.4 Å². The maximum absolute atomic E-state index is 13.2. The molecule has 1 amide bonds. The highest BCUT2D eigenvalue weighted by Crippen LogP contribution is 2.56. The summed E-state index contributed by atoms with van der Waals surface area (Å²) in [6, 6.07) is 0. The first-order chi connectivity index (χ1) is 14.4. The van der Waals surface area contributed by atoms with Crippen LogP contribution in [0.15, 0.2) is 22.6 Å². The van der Waals surface area contributed by atoms with E-state index >= 15 is 0 Å². The number of nitrogens with zero attached hydrogens (tertiary/aromatic N) is 1.